The van der Waals surface area contributed by atoms with Gasteiger partial charge in [0.15, 0.2) is 5.96 Å². The van der Waals surface area contributed by atoms with E-state index in [4.69, 9.17) is 9.73 Å². The largest absolute Gasteiger partial charge is 0.494 e. The minimum absolute atomic E-state index is 0. The number of aliphatic imine (C=N–C) groups is 1. The van der Waals surface area contributed by atoms with E-state index < -0.39 is 0 Å². The summed E-state index contributed by atoms with van der Waals surface area (Å²) in [6.07, 6.45) is 4.72. The number of halogens is 1. The van der Waals surface area contributed by atoms with Gasteiger partial charge in [-0.05, 0) is 57.6 Å². The Morgan fingerprint density at radius 3 is 2.52 bits per heavy atom. The first-order valence-electron chi connectivity index (χ1n) is 10.6. The van der Waals surface area contributed by atoms with Crippen molar-refractivity contribution in [2.45, 2.75) is 46.0 Å². The Labute approximate surface area is 192 Å². The standard InChI is InChI=1S/C22H36N4O2.HI/c1-4-24-22(26-14-11-19(12-15-26)17-21(27)23-3)25-13-5-6-16-28-20-9-7-18(2)8-10-20;/h7-10,19H,4-6,11-17H2,1-3H3,(H,23,27)(H,24,25);1H. The molecule has 1 aliphatic heterocycles. The van der Waals surface area contributed by atoms with Gasteiger partial charge in [0, 0.05) is 39.6 Å². The Morgan fingerprint density at radius 2 is 1.90 bits per heavy atom. The summed E-state index contributed by atoms with van der Waals surface area (Å²) in [6, 6.07) is 8.18. The van der Waals surface area contributed by atoms with Gasteiger partial charge in [-0.15, -0.1) is 24.0 Å². The van der Waals surface area contributed by atoms with E-state index in [0.717, 1.165) is 70.2 Å². The van der Waals surface area contributed by atoms with Crippen LogP contribution in [0.25, 0.3) is 0 Å². The van der Waals surface area contributed by atoms with E-state index in [0.29, 0.717) is 12.3 Å². The summed E-state index contributed by atoms with van der Waals surface area (Å²) in [4.78, 5) is 18.7. The van der Waals surface area contributed by atoms with E-state index in [9.17, 15) is 4.79 Å². The lowest BCUT2D eigenvalue weighted by Crippen LogP contribution is -2.46. The molecule has 164 valence electrons. The molecule has 6 nitrogen and oxygen atoms in total. The number of guanidine groups is 1. The van der Waals surface area contributed by atoms with E-state index in [1.165, 1.54) is 5.56 Å². The fourth-order valence-corrected chi connectivity index (χ4v) is 3.36. The molecular formula is C22H37IN4O2. The average Bonchev–Trinajstić information content (AvgIpc) is 2.71. The van der Waals surface area contributed by atoms with Crippen molar-refractivity contribution in [3.8, 4) is 5.75 Å². The molecule has 0 bridgehead atoms. The van der Waals surface area contributed by atoms with Crippen LogP contribution < -0.4 is 15.4 Å². The minimum Gasteiger partial charge on any atom is -0.494 e. The monoisotopic (exact) mass is 516 g/mol. The van der Waals surface area contributed by atoms with Crippen molar-refractivity contribution in [1.29, 1.82) is 0 Å². The number of nitrogens with one attached hydrogen (secondary N) is 2. The molecule has 0 radical (unpaired) electrons. The van der Waals surface area contributed by atoms with Crippen LogP contribution >= 0.6 is 24.0 Å². The number of hydrogen-bond acceptors (Lipinski definition) is 3. The average molecular weight is 516 g/mol. The first-order valence-corrected chi connectivity index (χ1v) is 10.6. The van der Waals surface area contributed by atoms with E-state index in [1.54, 1.807) is 7.05 Å². The Balaban J connectivity index is 0.00000420. The zero-order valence-corrected chi connectivity index (χ0v) is 20.4. The van der Waals surface area contributed by atoms with E-state index >= 15 is 0 Å². The van der Waals surface area contributed by atoms with Gasteiger partial charge in [-0.3, -0.25) is 9.79 Å². The predicted octanol–water partition coefficient (Wildman–Crippen LogP) is 3.59. The van der Waals surface area contributed by atoms with Crippen LogP contribution in [0.5, 0.6) is 5.75 Å². The zero-order chi connectivity index (χ0) is 20.2. The number of nitrogens with zero attached hydrogens (tertiary/aromatic N) is 2. The van der Waals surface area contributed by atoms with Gasteiger partial charge in [0.25, 0.3) is 0 Å². The first kappa shape index (κ1) is 25.5. The smallest absolute Gasteiger partial charge is 0.220 e. The summed E-state index contributed by atoms with van der Waals surface area (Å²) in [5.74, 6) is 2.56. The second-order valence-corrected chi connectivity index (χ2v) is 7.41. The summed E-state index contributed by atoms with van der Waals surface area (Å²) in [5.41, 5.74) is 1.25. The van der Waals surface area contributed by atoms with Crippen LogP contribution in [-0.4, -0.2) is 56.6 Å². The highest BCUT2D eigenvalue weighted by Gasteiger charge is 2.22. The van der Waals surface area contributed by atoms with E-state index in [2.05, 4.69) is 41.5 Å². The normalized spacial score (nSPS) is 14.9. The van der Waals surface area contributed by atoms with E-state index in [-0.39, 0.29) is 29.9 Å². The molecule has 0 aromatic heterocycles. The van der Waals surface area contributed by atoms with Crippen LogP contribution in [0.15, 0.2) is 29.3 Å². The third kappa shape index (κ3) is 9.69. The molecule has 1 aromatic rings. The van der Waals surface area contributed by atoms with Crippen molar-refractivity contribution in [3.05, 3.63) is 29.8 Å². The van der Waals surface area contributed by atoms with Gasteiger partial charge in [0.1, 0.15) is 5.75 Å². The van der Waals surface area contributed by atoms with Crippen molar-refractivity contribution in [2.75, 3.05) is 39.8 Å². The van der Waals surface area contributed by atoms with Gasteiger partial charge in [0.2, 0.25) is 5.91 Å². The molecule has 0 saturated carbocycles. The quantitative estimate of drug-likeness (QED) is 0.228. The lowest BCUT2D eigenvalue weighted by molar-refractivity contribution is -0.121. The number of unbranched alkanes of at least 4 members (excludes halogenated alkanes) is 1. The summed E-state index contributed by atoms with van der Waals surface area (Å²) in [5, 5.41) is 6.13. The zero-order valence-electron chi connectivity index (χ0n) is 18.1. The number of carbonyl (C=O) groups is 1. The van der Waals surface area contributed by atoms with Crippen molar-refractivity contribution in [2.24, 2.45) is 10.9 Å². The fourth-order valence-electron chi connectivity index (χ4n) is 3.36. The Morgan fingerprint density at radius 1 is 1.21 bits per heavy atom. The molecule has 1 amide bonds. The van der Waals surface area contributed by atoms with Crippen LogP contribution in [0.2, 0.25) is 0 Å². The maximum absolute atomic E-state index is 11.6. The predicted molar refractivity (Wildman–Crippen MR) is 130 cm³/mol. The number of carbonyl (C=O) groups excluding carboxylic acids is 1. The highest BCUT2D eigenvalue weighted by atomic mass is 127. The lowest BCUT2D eigenvalue weighted by Gasteiger charge is -2.34. The minimum atomic E-state index is 0. The molecule has 1 heterocycles. The molecule has 0 spiro atoms. The molecule has 0 unspecified atom stereocenters. The molecule has 2 N–H and O–H groups in total. The number of rotatable bonds is 9. The molecule has 29 heavy (non-hydrogen) atoms. The number of aryl methyl sites for hydroxylation is 1. The van der Waals surface area contributed by atoms with Crippen LogP contribution in [-0.2, 0) is 4.79 Å². The van der Waals surface area contributed by atoms with Gasteiger partial charge >= 0.3 is 0 Å². The molecular weight excluding hydrogens is 479 g/mol. The number of benzene rings is 1. The molecule has 0 aliphatic carbocycles. The van der Waals surface area contributed by atoms with Gasteiger partial charge in [0.05, 0.1) is 6.61 Å². The maximum Gasteiger partial charge on any atom is 0.220 e. The van der Waals surface area contributed by atoms with Crippen LogP contribution in [0.4, 0.5) is 0 Å². The van der Waals surface area contributed by atoms with Crippen LogP contribution in [0.1, 0.15) is 44.6 Å². The van der Waals surface area contributed by atoms with E-state index in [1.807, 2.05) is 12.1 Å². The van der Waals surface area contributed by atoms with Gasteiger partial charge in [-0.2, -0.15) is 0 Å². The molecule has 1 fully saturated rings. The summed E-state index contributed by atoms with van der Waals surface area (Å²) in [6.45, 7) is 8.50. The topological polar surface area (TPSA) is 66.0 Å². The number of hydrogen-bond donors (Lipinski definition) is 2. The van der Waals surface area contributed by atoms with Crippen molar-refractivity contribution < 1.29 is 9.53 Å². The highest BCUT2D eigenvalue weighted by molar-refractivity contribution is 14.0. The van der Waals surface area contributed by atoms with Gasteiger partial charge < -0.3 is 20.3 Å². The summed E-state index contributed by atoms with van der Waals surface area (Å²) >= 11 is 0. The second kappa shape index (κ2) is 14.5. The Kier molecular flexibility index (Phi) is 12.7. The number of amides is 1. The van der Waals surface area contributed by atoms with Gasteiger partial charge in [-0.1, -0.05) is 17.7 Å². The molecule has 1 aliphatic rings. The maximum atomic E-state index is 11.6. The van der Waals surface area contributed by atoms with Crippen molar-refractivity contribution in [3.63, 3.8) is 0 Å². The summed E-state index contributed by atoms with van der Waals surface area (Å²) < 4.78 is 5.78. The summed E-state index contributed by atoms with van der Waals surface area (Å²) in [7, 11) is 1.71. The number of likely N-dealkylation sites (tertiary alicyclic amines) is 1. The Bertz CT molecular complexity index is 614. The van der Waals surface area contributed by atoms with Crippen molar-refractivity contribution in [1.82, 2.24) is 15.5 Å². The molecule has 1 saturated heterocycles. The molecule has 0 atom stereocenters. The van der Waals surface area contributed by atoms with Crippen LogP contribution in [0, 0.1) is 12.8 Å². The number of piperidine rings is 1. The lowest BCUT2D eigenvalue weighted by atomic mass is 9.93. The first-order chi connectivity index (χ1) is 13.6. The third-order valence-electron chi connectivity index (χ3n) is 5.11. The van der Waals surface area contributed by atoms with Gasteiger partial charge in [-0.25, -0.2) is 0 Å². The fraction of sp³-hybridized carbons (Fsp3) is 0.636. The SMILES string of the molecule is CCNC(=NCCCCOc1ccc(C)cc1)N1CCC(CC(=O)NC)CC1.I. The number of ether oxygens (including phenoxy) is 1. The van der Waals surface area contributed by atoms with Crippen LogP contribution in [0.3, 0.4) is 0 Å². The van der Waals surface area contributed by atoms with Crippen molar-refractivity contribution >= 4 is 35.8 Å². The third-order valence-corrected chi connectivity index (χ3v) is 5.11. The molecule has 7 heteroatoms. The highest BCUT2D eigenvalue weighted by Crippen LogP contribution is 2.20. The molecule has 2 rings (SSSR count). The molecule has 1 aromatic carbocycles. The Hall–Kier alpha value is -1.51. The second-order valence-electron chi connectivity index (χ2n) is 7.41.